The van der Waals surface area contributed by atoms with Crippen molar-refractivity contribution in [2.24, 2.45) is 0 Å². The zero-order valence-corrected chi connectivity index (χ0v) is 13.8. The standard InChI is InChI=1S/C18H26O4/c1-5-8-13-21-16-12-9-11-15(10-6-2)17(16)22-14(4)18(19)20-7-3/h6,9,11-12,14H,2,5,7-8,10,13H2,1,3-4H3/t14-/m1/s1. The molecule has 0 amide bonds. The van der Waals surface area contributed by atoms with Crippen LogP contribution in [0.25, 0.3) is 0 Å². The minimum atomic E-state index is -0.681. The van der Waals surface area contributed by atoms with Crippen LogP contribution < -0.4 is 9.47 Å². The molecule has 122 valence electrons. The van der Waals surface area contributed by atoms with Gasteiger partial charge in [0.05, 0.1) is 13.2 Å². The molecule has 0 radical (unpaired) electrons. The average Bonchev–Trinajstić information content (AvgIpc) is 2.50. The Bertz CT molecular complexity index is 482. The first-order valence-corrected chi connectivity index (χ1v) is 7.82. The zero-order chi connectivity index (χ0) is 16.4. The number of benzene rings is 1. The maximum absolute atomic E-state index is 11.8. The molecule has 0 fully saturated rings. The number of hydrogen-bond acceptors (Lipinski definition) is 4. The molecule has 4 heteroatoms. The summed E-state index contributed by atoms with van der Waals surface area (Å²) in [7, 11) is 0. The number of para-hydroxylation sites is 1. The molecule has 0 N–H and O–H groups in total. The summed E-state index contributed by atoms with van der Waals surface area (Å²) in [6.07, 6.45) is 3.79. The maximum atomic E-state index is 11.8. The average molecular weight is 306 g/mol. The molecule has 0 unspecified atom stereocenters. The van der Waals surface area contributed by atoms with Crippen molar-refractivity contribution in [1.82, 2.24) is 0 Å². The van der Waals surface area contributed by atoms with Crippen LogP contribution in [0.2, 0.25) is 0 Å². The third-order valence-corrected chi connectivity index (χ3v) is 3.09. The Hall–Kier alpha value is -1.97. The normalized spacial score (nSPS) is 11.6. The third-order valence-electron chi connectivity index (χ3n) is 3.09. The summed E-state index contributed by atoms with van der Waals surface area (Å²) < 4.78 is 16.6. The van der Waals surface area contributed by atoms with Gasteiger partial charge in [-0.1, -0.05) is 31.6 Å². The van der Waals surface area contributed by atoms with Gasteiger partial charge < -0.3 is 14.2 Å². The van der Waals surface area contributed by atoms with Gasteiger partial charge in [0.2, 0.25) is 0 Å². The molecule has 4 nitrogen and oxygen atoms in total. The first-order chi connectivity index (χ1) is 10.6. The van der Waals surface area contributed by atoms with E-state index in [0.717, 1.165) is 18.4 Å². The van der Waals surface area contributed by atoms with Gasteiger partial charge in [-0.25, -0.2) is 4.79 Å². The van der Waals surface area contributed by atoms with Crippen molar-refractivity contribution in [3.05, 3.63) is 36.4 Å². The van der Waals surface area contributed by atoms with Gasteiger partial charge in [-0.05, 0) is 32.8 Å². The number of hydrogen-bond donors (Lipinski definition) is 0. The monoisotopic (exact) mass is 306 g/mol. The van der Waals surface area contributed by atoms with Crippen molar-refractivity contribution in [3.63, 3.8) is 0 Å². The van der Waals surface area contributed by atoms with Gasteiger partial charge in [0, 0.05) is 5.56 Å². The Kier molecular flexibility index (Phi) is 8.11. The van der Waals surface area contributed by atoms with Crippen molar-refractivity contribution in [2.45, 2.75) is 46.1 Å². The minimum absolute atomic E-state index is 0.334. The first kappa shape index (κ1) is 18.1. The van der Waals surface area contributed by atoms with E-state index >= 15 is 0 Å². The second kappa shape index (κ2) is 9.87. The van der Waals surface area contributed by atoms with Crippen molar-refractivity contribution < 1.29 is 19.0 Å². The van der Waals surface area contributed by atoms with Gasteiger partial charge in [0.1, 0.15) is 0 Å². The highest BCUT2D eigenvalue weighted by Gasteiger charge is 2.20. The predicted molar refractivity (Wildman–Crippen MR) is 87.5 cm³/mol. The topological polar surface area (TPSA) is 44.8 Å². The highest BCUT2D eigenvalue weighted by Crippen LogP contribution is 2.33. The van der Waals surface area contributed by atoms with Gasteiger partial charge in [-0.2, -0.15) is 0 Å². The number of carbonyl (C=O) groups excluding carboxylic acids is 1. The van der Waals surface area contributed by atoms with Crippen LogP contribution in [0.3, 0.4) is 0 Å². The van der Waals surface area contributed by atoms with Crippen LogP contribution in [0.5, 0.6) is 11.5 Å². The van der Waals surface area contributed by atoms with E-state index in [-0.39, 0.29) is 5.97 Å². The molecule has 0 saturated carbocycles. The van der Waals surface area contributed by atoms with Crippen LogP contribution in [0.4, 0.5) is 0 Å². The Morgan fingerprint density at radius 3 is 2.77 bits per heavy atom. The molecule has 0 aliphatic heterocycles. The van der Waals surface area contributed by atoms with Crippen LogP contribution in [0.1, 0.15) is 39.2 Å². The van der Waals surface area contributed by atoms with Gasteiger partial charge in [0.15, 0.2) is 17.6 Å². The van der Waals surface area contributed by atoms with Crippen LogP contribution in [-0.4, -0.2) is 25.3 Å². The highest BCUT2D eigenvalue weighted by atomic mass is 16.6. The van der Waals surface area contributed by atoms with E-state index in [1.807, 2.05) is 18.2 Å². The summed E-state index contributed by atoms with van der Waals surface area (Å²) >= 11 is 0. The van der Waals surface area contributed by atoms with E-state index in [1.54, 1.807) is 19.9 Å². The second-order valence-electron chi connectivity index (χ2n) is 4.95. The molecule has 0 spiro atoms. The molecule has 0 heterocycles. The van der Waals surface area contributed by atoms with Gasteiger partial charge >= 0.3 is 5.97 Å². The van der Waals surface area contributed by atoms with Crippen molar-refractivity contribution >= 4 is 5.97 Å². The second-order valence-corrected chi connectivity index (χ2v) is 4.95. The minimum Gasteiger partial charge on any atom is -0.490 e. The zero-order valence-electron chi connectivity index (χ0n) is 13.8. The molecule has 1 rings (SSSR count). The van der Waals surface area contributed by atoms with Crippen LogP contribution >= 0.6 is 0 Å². The summed E-state index contributed by atoms with van der Waals surface area (Å²) in [4.78, 5) is 11.8. The molecule has 1 atom stereocenters. The molecule has 0 aromatic heterocycles. The van der Waals surface area contributed by atoms with Crippen molar-refractivity contribution in [1.29, 1.82) is 0 Å². The summed E-state index contributed by atoms with van der Waals surface area (Å²) in [6.45, 7) is 10.3. The van der Waals surface area contributed by atoms with E-state index in [9.17, 15) is 4.79 Å². The van der Waals surface area contributed by atoms with Crippen molar-refractivity contribution in [2.75, 3.05) is 13.2 Å². The van der Waals surface area contributed by atoms with E-state index in [2.05, 4.69) is 13.5 Å². The number of esters is 1. The fourth-order valence-electron chi connectivity index (χ4n) is 1.94. The lowest BCUT2D eigenvalue weighted by Gasteiger charge is -2.19. The fourth-order valence-corrected chi connectivity index (χ4v) is 1.94. The lowest BCUT2D eigenvalue weighted by molar-refractivity contribution is -0.150. The SMILES string of the molecule is C=CCc1cccc(OCCCC)c1O[C@H](C)C(=O)OCC. The maximum Gasteiger partial charge on any atom is 0.347 e. The van der Waals surface area contributed by atoms with E-state index in [0.29, 0.717) is 31.1 Å². The van der Waals surface area contributed by atoms with Crippen LogP contribution in [0.15, 0.2) is 30.9 Å². The quantitative estimate of drug-likeness (QED) is 0.373. The number of unbranched alkanes of at least 4 members (excludes halogenated alkanes) is 1. The van der Waals surface area contributed by atoms with Gasteiger partial charge in [-0.3, -0.25) is 0 Å². The predicted octanol–water partition coefficient (Wildman–Crippen LogP) is 3.92. The molecule has 0 aliphatic carbocycles. The number of ether oxygens (including phenoxy) is 3. The molecule has 22 heavy (non-hydrogen) atoms. The van der Waals surface area contributed by atoms with E-state index in [4.69, 9.17) is 14.2 Å². The fraction of sp³-hybridized carbons (Fsp3) is 0.500. The largest absolute Gasteiger partial charge is 0.490 e. The Balaban J connectivity index is 2.95. The summed E-state index contributed by atoms with van der Waals surface area (Å²) in [5, 5.41) is 0. The smallest absolute Gasteiger partial charge is 0.347 e. The Labute approximate surface area is 133 Å². The van der Waals surface area contributed by atoms with Crippen LogP contribution in [0, 0.1) is 0 Å². The lowest BCUT2D eigenvalue weighted by Crippen LogP contribution is -2.26. The van der Waals surface area contributed by atoms with Crippen molar-refractivity contribution in [3.8, 4) is 11.5 Å². The lowest BCUT2D eigenvalue weighted by atomic mass is 10.1. The highest BCUT2D eigenvalue weighted by molar-refractivity contribution is 5.74. The Morgan fingerprint density at radius 1 is 1.36 bits per heavy atom. The Morgan fingerprint density at radius 2 is 2.14 bits per heavy atom. The van der Waals surface area contributed by atoms with E-state index < -0.39 is 6.10 Å². The number of allylic oxidation sites excluding steroid dienone is 1. The molecule has 0 aliphatic rings. The number of rotatable bonds is 10. The first-order valence-electron chi connectivity index (χ1n) is 7.82. The summed E-state index contributed by atoms with van der Waals surface area (Å²) in [6, 6.07) is 5.72. The molecular weight excluding hydrogens is 280 g/mol. The number of carbonyl (C=O) groups is 1. The van der Waals surface area contributed by atoms with Gasteiger partial charge in [-0.15, -0.1) is 6.58 Å². The van der Waals surface area contributed by atoms with Gasteiger partial charge in [0.25, 0.3) is 0 Å². The molecule has 1 aromatic rings. The molecular formula is C18H26O4. The van der Waals surface area contributed by atoms with E-state index in [1.165, 1.54) is 0 Å². The molecule has 1 aromatic carbocycles. The van der Waals surface area contributed by atoms with Crippen LogP contribution in [-0.2, 0) is 16.0 Å². The molecule has 0 saturated heterocycles. The summed E-state index contributed by atoms with van der Waals surface area (Å²) in [5.41, 5.74) is 0.945. The summed E-state index contributed by atoms with van der Waals surface area (Å²) in [5.74, 6) is 0.874. The third kappa shape index (κ3) is 5.43. The molecule has 0 bridgehead atoms.